The fourth-order valence-corrected chi connectivity index (χ4v) is 3.06. The van der Waals surface area contributed by atoms with E-state index in [1.54, 1.807) is 12.1 Å². The summed E-state index contributed by atoms with van der Waals surface area (Å²) in [5.74, 6) is 0.264. The third-order valence-corrected chi connectivity index (χ3v) is 4.36. The Hall–Kier alpha value is -2.42. The predicted molar refractivity (Wildman–Crippen MR) is 96.2 cm³/mol. The van der Waals surface area contributed by atoms with E-state index in [9.17, 15) is 4.39 Å². The van der Waals surface area contributed by atoms with E-state index >= 15 is 0 Å². The van der Waals surface area contributed by atoms with Gasteiger partial charge in [0.1, 0.15) is 5.82 Å². The highest BCUT2D eigenvalue weighted by Crippen LogP contribution is 2.32. The number of hydrogen-bond donors (Lipinski definition) is 0. The second-order valence-corrected chi connectivity index (χ2v) is 6.41. The van der Waals surface area contributed by atoms with Gasteiger partial charge in [-0.3, -0.25) is 0 Å². The van der Waals surface area contributed by atoms with Gasteiger partial charge in [0.25, 0.3) is 0 Å². The zero-order valence-corrected chi connectivity index (χ0v) is 14.4. The van der Waals surface area contributed by atoms with Crippen molar-refractivity contribution in [3.63, 3.8) is 0 Å². The van der Waals surface area contributed by atoms with Gasteiger partial charge >= 0.3 is 0 Å². The van der Waals surface area contributed by atoms with Gasteiger partial charge in [0.15, 0.2) is 0 Å². The second-order valence-electron chi connectivity index (χ2n) is 6.41. The second kappa shape index (κ2) is 7.00. The standard InChI is InChI=1S/C21H23FN2/c1-4-19(16-9-8-10-17(22)13-16)21-14-20(15(2)3)23-24(21)18-11-6-5-7-12-18/h5-15,19H,4H2,1-3H3. The molecule has 0 saturated heterocycles. The van der Waals surface area contributed by atoms with Crippen molar-refractivity contribution in [2.24, 2.45) is 0 Å². The molecule has 0 spiro atoms. The Labute approximate surface area is 143 Å². The molecule has 0 N–H and O–H groups in total. The summed E-state index contributed by atoms with van der Waals surface area (Å²) in [7, 11) is 0. The van der Waals surface area contributed by atoms with Crippen LogP contribution in [0.15, 0.2) is 60.7 Å². The third kappa shape index (κ3) is 3.25. The first-order valence-electron chi connectivity index (χ1n) is 8.51. The van der Waals surface area contributed by atoms with Crippen molar-refractivity contribution in [3.8, 4) is 5.69 Å². The molecule has 0 aliphatic heterocycles. The van der Waals surface area contributed by atoms with E-state index in [1.807, 2.05) is 28.9 Å². The van der Waals surface area contributed by atoms with Gasteiger partial charge in [-0.2, -0.15) is 5.10 Å². The largest absolute Gasteiger partial charge is 0.237 e. The molecule has 0 fully saturated rings. The fourth-order valence-electron chi connectivity index (χ4n) is 3.06. The van der Waals surface area contributed by atoms with Gasteiger partial charge in [-0.15, -0.1) is 0 Å². The third-order valence-electron chi connectivity index (χ3n) is 4.36. The molecular formula is C21H23FN2. The Balaban J connectivity index is 2.14. The topological polar surface area (TPSA) is 17.8 Å². The Kier molecular flexibility index (Phi) is 4.79. The van der Waals surface area contributed by atoms with Gasteiger partial charge < -0.3 is 0 Å². The molecule has 24 heavy (non-hydrogen) atoms. The van der Waals surface area contributed by atoms with Crippen molar-refractivity contribution in [2.75, 3.05) is 0 Å². The lowest BCUT2D eigenvalue weighted by Crippen LogP contribution is -2.09. The van der Waals surface area contributed by atoms with Crippen LogP contribution in [0, 0.1) is 5.82 Å². The Morgan fingerprint density at radius 1 is 1.00 bits per heavy atom. The smallest absolute Gasteiger partial charge is 0.123 e. The highest BCUT2D eigenvalue weighted by molar-refractivity contribution is 5.38. The molecule has 3 aromatic rings. The Morgan fingerprint density at radius 2 is 1.75 bits per heavy atom. The molecule has 1 unspecified atom stereocenters. The van der Waals surface area contributed by atoms with Gasteiger partial charge in [-0.05, 0) is 48.2 Å². The van der Waals surface area contributed by atoms with E-state index in [2.05, 4.69) is 39.0 Å². The minimum absolute atomic E-state index is 0.112. The summed E-state index contributed by atoms with van der Waals surface area (Å²) in [6, 6.07) is 19.2. The molecule has 124 valence electrons. The first-order chi connectivity index (χ1) is 11.6. The molecule has 0 radical (unpaired) electrons. The zero-order valence-electron chi connectivity index (χ0n) is 14.4. The summed E-state index contributed by atoms with van der Waals surface area (Å²) in [4.78, 5) is 0. The van der Waals surface area contributed by atoms with Crippen molar-refractivity contribution < 1.29 is 4.39 Å². The minimum atomic E-state index is -0.194. The molecule has 3 heteroatoms. The average molecular weight is 322 g/mol. The highest BCUT2D eigenvalue weighted by Gasteiger charge is 2.21. The lowest BCUT2D eigenvalue weighted by atomic mass is 9.92. The van der Waals surface area contributed by atoms with Crippen LogP contribution in [0.25, 0.3) is 5.69 Å². The molecule has 1 heterocycles. The average Bonchev–Trinajstić information content (AvgIpc) is 3.02. The molecular weight excluding hydrogens is 299 g/mol. The molecule has 2 aromatic carbocycles. The molecule has 0 bridgehead atoms. The van der Waals surface area contributed by atoms with Crippen LogP contribution in [0.4, 0.5) is 4.39 Å². The molecule has 0 aliphatic rings. The first kappa shape index (κ1) is 16.4. The predicted octanol–water partition coefficient (Wildman–Crippen LogP) is 5.68. The molecule has 0 aliphatic carbocycles. The van der Waals surface area contributed by atoms with Crippen LogP contribution in [0.3, 0.4) is 0 Å². The number of aromatic nitrogens is 2. The lowest BCUT2D eigenvalue weighted by molar-refractivity contribution is 0.618. The van der Waals surface area contributed by atoms with E-state index in [4.69, 9.17) is 5.10 Å². The molecule has 1 aromatic heterocycles. The van der Waals surface area contributed by atoms with Gasteiger partial charge in [0, 0.05) is 5.92 Å². The number of hydrogen-bond acceptors (Lipinski definition) is 1. The van der Waals surface area contributed by atoms with Crippen LogP contribution in [0.5, 0.6) is 0 Å². The van der Waals surface area contributed by atoms with Crippen LogP contribution >= 0.6 is 0 Å². The summed E-state index contributed by atoms with van der Waals surface area (Å²) in [5, 5.41) is 4.82. The van der Waals surface area contributed by atoms with E-state index in [0.29, 0.717) is 5.92 Å². The van der Waals surface area contributed by atoms with Crippen molar-refractivity contribution in [1.29, 1.82) is 0 Å². The van der Waals surface area contributed by atoms with E-state index in [-0.39, 0.29) is 11.7 Å². The first-order valence-corrected chi connectivity index (χ1v) is 8.51. The van der Waals surface area contributed by atoms with Gasteiger partial charge in [0.05, 0.1) is 17.1 Å². The maximum Gasteiger partial charge on any atom is 0.123 e. The van der Waals surface area contributed by atoms with Crippen LogP contribution in [0.2, 0.25) is 0 Å². The maximum atomic E-state index is 13.7. The monoisotopic (exact) mass is 322 g/mol. The number of nitrogens with zero attached hydrogens (tertiary/aromatic N) is 2. The van der Waals surface area contributed by atoms with Crippen LogP contribution in [0.1, 0.15) is 56.0 Å². The molecule has 0 saturated carbocycles. The molecule has 2 nitrogen and oxygen atoms in total. The quantitative estimate of drug-likeness (QED) is 0.591. The summed E-state index contributed by atoms with van der Waals surface area (Å²) >= 11 is 0. The number of benzene rings is 2. The van der Waals surface area contributed by atoms with Crippen molar-refractivity contribution in [2.45, 2.75) is 39.0 Å². The SMILES string of the molecule is CCC(c1cccc(F)c1)c1cc(C(C)C)nn1-c1ccccc1. The summed E-state index contributed by atoms with van der Waals surface area (Å²) in [6.45, 7) is 6.42. The van der Waals surface area contributed by atoms with Crippen molar-refractivity contribution >= 4 is 0 Å². The molecule has 0 amide bonds. The maximum absolute atomic E-state index is 13.7. The van der Waals surface area contributed by atoms with Crippen molar-refractivity contribution in [1.82, 2.24) is 9.78 Å². The summed E-state index contributed by atoms with van der Waals surface area (Å²) in [5.41, 5.74) is 4.20. The number of para-hydroxylation sites is 1. The highest BCUT2D eigenvalue weighted by atomic mass is 19.1. The molecule has 1 atom stereocenters. The Bertz CT molecular complexity index is 806. The Morgan fingerprint density at radius 3 is 2.38 bits per heavy atom. The van der Waals surface area contributed by atoms with Crippen LogP contribution in [-0.4, -0.2) is 9.78 Å². The van der Waals surface area contributed by atoms with Crippen LogP contribution < -0.4 is 0 Å². The van der Waals surface area contributed by atoms with E-state index in [1.165, 1.54) is 6.07 Å². The lowest BCUT2D eigenvalue weighted by Gasteiger charge is -2.17. The summed E-state index contributed by atoms with van der Waals surface area (Å²) < 4.78 is 15.7. The van der Waals surface area contributed by atoms with Gasteiger partial charge in [-0.25, -0.2) is 9.07 Å². The van der Waals surface area contributed by atoms with Gasteiger partial charge in [-0.1, -0.05) is 51.1 Å². The summed E-state index contributed by atoms with van der Waals surface area (Å²) in [6.07, 6.45) is 0.888. The fraction of sp³-hybridized carbons (Fsp3) is 0.286. The van der Waals surface area contributed by atoms with Crippen LogP contribution in [-0.2, 0) is 0 Å². The molecule has 3 rings (SSSR count). The van der Waals surface area contributed by atoms with E-state index < -0.39 is 0 Å². The number of rotatable bonds is 5. The minimum Gasteiger partial charge on any atom is -0.237 e. The number of halogens is 1. The van der Waals surface area contributed by atoms with Crippen molar-refractivity contribution in [3.05, 3.63) is 83.4 Å². The zero-order chi connectivity index (χ0) is 17.1. The van der Waals surface area contributed by atoms with Gasteiger partial charge in [0.2, 0.25) is 0 Å². The van der Waals surface area contributed by atoms with E-state index in [0.717, 1.165) is 29.1 Å². The normalized spacial score (nSPS) is 12.5.